The third-order valence-electron chi connectivity index (χ3n) is 18.6. The molecule has 9 aliphatic rings. The molecule has 0 aromatic heterocycles. The lowest BCUT2D eigenvalue weighted by Crippen LogP contribution is -2.66. The van der Waals surface area contributed by atoms with Gasteiger partial charge in [-0.25, -0.2) is 0 Å². The van der Waals surface area contributed by atoms with Gasteiger partial charge in [-0.15, -0.1) is 0 Å². The van der Waals surface area contributed by atoms with Gasteiger partial charge in [-0.05, 0) is 100 Å². The van der Waals surface area contributed by atoms with Gasteiger partial charge in [0.15, 0.2) is 24.7 Å². The molecule has 4 aliphatic carbocycles. The van der Waals surface area contributed by atoms with Crippen molar-refractivity contribution in [2.45, 2.75) is 216 Å². The molecule has 17 nitrogen and oxygen atoms in total. The molecule has 0 radical (unpaired) electrons. The fourth-order valence-electron chi connectivity index (χ4n) is 14.8. The maximum Gasteiger partial charge on any atom is 0.187 e. The smallest absolute Gasteiger partial charge is 0.187 e. The molecule has 28 atom stereocenters. The summed E-state index contributed by atoms with van der Waals surface area (Å²) in [4.78, 5) is 0. The summed E-state index contributed by atoms with van der Waals surface area (Å²) < 4.78 is 56.9. The Balaban J connectivity index is 0.917. The lowest BCUT2D eigenvalue weighted by atomic mass is 9.43. The predicted molar refractivity (Wildman–Crippen MR) is 219 cm³/mol. The van der Waals surface area contributed by atoms with Crippen LogP contribution >= 0.6 is 0 Å². The van der Waals surface area contributed by atoms with Crippen molar-refractivity contribution in [1.29, 1.82) is 0 Å². The second-order valence-electron chi connectivity index (χ2n) is 21.8. The topological polar surface area (TPSA) is 245 Å². The van der Waals surface area contributed by atoms with E-state index in [0.717, 1.165) is 58.0 Å². The molecule has 0 amide bonds. The number of ether oxygens (including phenoxy) is 9. The highest BCUT2D eigenvalue weighted by molar-refractivity contribution is 5.18. The average Bonchev–Trinajstić information content (AvgIpc) is 3.71. The van der Waals surface area contributed by atoms with Gasteiger partial charge in [-0.1, -0.05) is 27.7 Å². The van der Waals surface area contributed by atoms with Crippen molar-refractivity contribution in [3.8, 4) is 0 Å². The van der Waals surface area contributed by atoms with E-state index in [0.29, 0.717) is 41.9 Å². The molecule has 9 rings (SSSR count). The molecule has 362 valence electrons. The normalized spacial score (nSPS) is 59.4. The third-order valence-corrected chi connectivity index (χ3v) is 18.6. The Hall–Kier alpha value is -0.680. The Labute approximate surface area is 370 Å². The second-order valence-corrected chi connectivity index (χ2v) is 21.8. The van der Waals surface area contributed by atoms with Crippen LogP contribution in [0.4, 0.5) is 0 Å². The van der Waals surface area contributed by atoms with Crippen LogP contribution in [0.25, 0.3) is 0 Å². The van der Waals surface area contributed by atoms with Gasteiger partial charge < -0.3 is 83.5 Å². The van der Waals surface area contributed by atoms with Crippen LogP contribution in [0, 0.1) is 52.3 Å². The summed E-state index contributed by atoms with van der Waals surface area (Å²) >= 11 is 0. The first-order chi connectivity index (χ1) is 29.9. The number of methoxy groups -OCH3 is 1. The van der Waals surface area contributed by atoms with Crippen LogP contribution in [0.15, 0.2) is 0 Å². The molecule has 5 saturated heterocycles. The lowest BCUT2D eigenvalue weighted by molar-refractivity contribution is -0.389. The first kappa shape index (κ1) is 47.4. The summed E-state index contributed by atoms with van der Waals surface area (Å²) in [6.07, 6.45) is -13.0. The fraction of sp³-hybridized carbons (Fsp3) is 1.00. The minimum atomic E-state index is -1.71. The fourth-order valence-corrected chi connectivity index (χ4v) is 14.8. The van der Waals surface area contributed by atoms with Crippen LogP contribution in [0.3, 0.4) is 0 Å². The second kappa shape index (κ2) is 17.7. The van der Waals surface area contributed by atoms with E-state index < -0.39 is 105 Å². The van der Waals surface area contributed by atoms with Crippen LogP contribution in [0.1, 0.15) is 99.3 Å². The van der Waals surface area contributed by atoms with Gasteiger partial charge in [-0.3, -0.25) is 0 Å². The molecular weight excluding hydrogens is 824 g/mol. The first-order valence-corrected chi connectivity index (χ1v) is 24.0. The van der Waals surface area contributed by atoms with Gasteiger partial charge in [0.2, 0.25) is 0 Å². The van der Waals surface area contributed by atoms with Gasteiger partial charge in [-0.2, -0.15) is 0 Å². The number of aliphatic hydroxyl groups excluding tert-OH is 8. The Kier molecular flexibility index (Phi) is 13.3. The number of fused-ring (bicyclic) bond motifs is 7. The van der Waals surface area contributed by atoms with Crippen LogP contribution in [-0.4, -0.2) is 177 Å². The minimum absolute atomic E-state index is 0.0214. The molecule has 1 spiro atoms. The molecule has 0 bridgehead atoms. The number of hydrogen-bond donors (Lipinski definition) is 8. The zero-order chi connectivity index (χ0) is 45.1. The maximum atomic E-state index is 12.0. The molecule has 0 aromatic carbocycles. The largest absolute Gasteiger partial charge is 0.394 e. The Bertz CT molecular complexity index is 1580. The Morgan fingerprint density at radius 3 is 1.89 bits per heavy atom. The van der Waals surface area contributed by atoms with Gasteiger partial charge in [0.05, 0.1) is 43.7 Å². The SMILES string of the molecule is CO[C@@H]1C[C@H]2[C@@H](CC[C@H]3C[C@@H](O[C@@H]4O[C@H](CO)[C@@H](O[C@@H]5O[C@@H](C)[C@H](O)[C@@H](O)[C@H]5O)[C@H](O)[C@H]4O[C@@H]4O[C@@H](C)[C@H](O)[C@@H](O)[C@H]4O)CC[C@@]32C)[C@@H]2C[C@@H]3O[C@]4(CC[C@@H](C)CO4)[C@@H](C)[C@@H]3[C@@]12C. The number of hydrogen-bond acceptors (Lipinski definition) is 17. The molecule has 0 unspecified atom stereocenters. The van der Waals surface area contributed by atoms with E-state index in [2.05, 4.69) is 27.7 Å². The van der Waals surface area contributed by atoms with Crippen molar-refractivity contribution in [2.24, 2.45) is 52.3 Å². The zero-order valence-electron chi connectivity index (χ0n) is 38.0. The van der Waals surface area contributed by atoms with E-state index in [4.69, 9.17) is 42.6 Å². The molecule has 4 saturated carbocycles. The van der Waals surface area contributed by atoms with E-state index in [1.807, 2.05) is 7.11 Å². The van der Waals surface area contributed by atoms with Crippen molar-refractivity contribution in [2.75, 3.05) is 20.3 Å². The van der Waals surface area contributed by atoms with Crippen molar-refractivity contribution >= 4 is 0 Å². The van der Waals surface area contributed by atoms with Crippen LogP contribution in [0.5, 0.6) is 0 Å². The first-order valence-electron chi connectivity index (χ1n) is 24.0. The van der Waals surface area contributed by atoms with Gasteiger partial charge >= 0.3 is 0 Å². The summed E-state index contributed by atoms with van der Waals surface area (Å²) in [5.41, 5.74) is -0.00589. The summed E-state index contributed by atoms with van der Waals surface area (Å²) in [7, 11) is 1.88. The Morgan fingerprint density at radius 2 is 1.29 bits per heavy atom. The molecule has 0 aromatic rings. The van der Waals surface area contributed by atoms with Crippen molar-refractivity contribution in [1.82, 2.24) is 0 Å². The average molecular weight is 901 g/mol. The van der Waals surface area contributed by atoms with E-state index in [9.17, 15) is 40.9 Å². The number of rotatable bonds is 8. The summed E-state index contributed by atoms with van der Waals surface area (Å²) in [6.45, 7) is 12.7. The van der Waals surface area contributed by atoms with E-state index >= 15 is 0 Å². The van der Waals surface area contributed by atoms with Crippen molar-refractivity contribution in [3.63, 3.8) is 0 Å². The Morgan fingerprint density at radius 1 is 0.635 bits per heavy atom. The van der Waals surface area contributed by atoms with Crippen molar-refractivity contribution in [3.05, 3.63) is 0 Å². The quantitative estimate of drug-likeness (QED) is 0.158. The van der Waals surface area contributed by atoms with Crippen LogP contribution in [0.2, 0.25) is 0 Å². The molecule has 17 heteroatoms. The summed E-state index contributed by atoms with van der Waals surface area (Å²) in [6, 6.07) is 0. The highest BCUT2D eigenvalue weighted by atomic mass is 16.8. The molecule has 8 N–H and O–H groups in total. The molecule has 5 heterocycles. The highest BCUT2D eigenvalue weighted by Gasteiger charge is 2.72. The van der Waals surface area contributed by atoms with E-state index in [1.165, 1.54) is 13.8 Å². The highest BCUT2D eigenvalue weighted by Crippen LogP contribution is 2.72. The number of aliphatic hydroxyl groups is 8. The molecular formula is C46H76O17. The van der Waals surface area contributed by atoms with E-state index in [1.54, 1.807) is 0 Å². The standard InChI is InChI=1S/C46H76O17/c1-19-10-13-46(56-18-19)20(2)31-28(63-46)15-27-25-9-8-23-14-24(11-12-44(23,5)26(25)16-30(55-7)45(27,31)6)59-43-40(62-42-37(53)35(51)33(49)22(4)58-42)38(54)39(29(17-47)60-43)61-41-36(52)34(50)32(48)21(3)57-41/h19-43,47-54H,8-18H2,1-7H3/t19-,20+,21+,22+,23+,24+,25-,26+,27+,28+,29-,30-,31+,32+,33+,34-,35-,36-,37-,38+,39-,40-,41+,42+,43-,44+,45-,46-/m1/s1. The predicted octanol–water partition coefficient (Wildman–Crippen LogP) is 0.947. The van der Waals surface area contributed by atoms with Crippen molar-refractivity contribution < 1.29 is 83.5 Å². The maximum absolute atomic E-state index is 12.0. The lowest BCUT2D eigenvalue weighted by Gasteiger charge is -2.63. The van der Waals surface area contributed by atoms with E-state index in [-0.39, 0.29) is 35.1 Å². The molecule has 9 fully saturated rings. The molecule has 5 aliphatic heterocycles. The monoisotopic (exact) mass is 901 g/mol. The van der Waals surface area contributed by atoms with Gasteiger partial charge in [0.25, 0.3) is 0 Å². The third kappa shape index (κ3) is 7.71. The summed E-state index contributed by atoms with van der Waals surface area (Å²) in [5, 5.41) is 86.1. The van der Waals surface area contributed by atoms with Crippen LogP contribution in [-0.2, 0) is 42.6 Å². The van der Waals surface area contributed by atoms with Gasteiger partial charge in [0, 0.05) is 30.8 Å². The zero-order valence-corrected chi connectivity index (χ0v) is 38.0. The van der Waals surface area contributed by atoms with Gasteiger partial charge in [0.1, 0.15) is 61.0 Å². The minimum Gasteiger partial charge on any atom is -0.394 e. The summed E-state index contributed by atoms with van der Waals surface area (Å²) in [5.74, 6) is 2.49. The van der Waals surface area contributed by atoms with Crippen LogP contribution < -0.4 is 0 Å². The molecule has 63 heavy (non-hydrogen) atoms.